The standard InChI is InChI=1S/C50H60NP/c1-47(2,3)35-27-36(48(4,5)6)30-39(29-35)52(40-31-37(49(7,8)9)28-38(32-40)50(10,11)12)44-26-24-34-20-16-18-22-42(34)46(44)45-41-21-17-15-19-33(41)23-25-43(45)51(13)14/h15-32H,1-14H3. The fourth-order valence-electron chi connectivity index (χ4n) is 7.24. The quantitative estimate of drug-likeness (QED) is 0.161. The molecule has 0 unspecified atom stereocenters. The molecule has 0 aliphatic heterocycles. The van der Waals surface area contributed by atoms with Gasteiger partial charge in [-0.05, 0) is 95.4 Å². The van der Waals surface area contributed by atoms with E-state index >= 15 is 0 Å². The van der Waals surface area contributed by atoms with Crippen molar-refractivity contribution in [1.82, 2.24) is 0 Å². The van der Waals surface area contributed by atoms with Crippen LogP contribution in [0.1, 0.15) is 105 Å². The van der Waals surface area contributed by atoms with Crippen LogP contribution in [-0.2, 0) is 21.7 Å². The zero-order valence-electron chi connectivity index (χ0n) is 34.3. The maximum Gasteiger partial charge on any atom is 0.0447 e. The summed E-state index contributed by atoms with van der Waals surface area (Å²) in [6, 6.07) is 42.6. The molecule has 0 N–H and O–H groups in total. The Bertz CT molecular complexity index is 2120. The third-order valence-corrected chi connectivity index (χ3v) is 13.0. The minimum absolute atomic E-state index is 0.000774. The van der Waals surface area contributed by atoms with Crippen molar-refractivity contribution in [2.24, 2.45) is 0 Å². The molecule has 2 heteroatoms. The Morgan fingerprint density at radius 2 is 0.769 bits per heavy atom. The van der Waals surface area contributed by atoms with Gasteiger partial charge in [0.05, 0.1) is 0 Å². The van der Waals surface area contributed by atoms with Gasteiger partial charge in [-0.2, -0.15) is 0 Å². The van der Waals surface area contributed by atoms with E-state index in [2.05, 4.69) is 211 Å². The summed E-state index contributed by atoms with van der Waals surface area (Å²) in [6.07, 6.45) is 0. The molecule has 6 aromatic rings. The monoisotopic (exact) mass is 705 g/mol. The van der Waals surface area contributed by atoms with Gasteiger partial charge in [0.1, 0.15) is 0 Å². The molecule has 0 amide bonds. The molecule has 0 aromatic heterocycles. The molecule has 0 bridgehead atoms. The van der Waals surface area contributed by atoms with Gasteiger partial charge in [-0.1, -0.05) is 186 Å². The fraction of sp³-hybridized carbons (Fsp3) is 0.360. The Kier molecular flexibility index (Phi) is 9.81. The Hall–Kier alpha value is -3.93. The molecule has 0 radical (unpaired) electrons. The van der Waals surface area contributed by atoms with Gasteiger partial charge in [0.15, 0.2) is 0 Å². The van der Waals surface area contributed by atoms with Crippen molar-refractivity contribution >= 4 is 51.1 Å². The largest absolute Gasteiger partial charge is 0.377 e. The van der Waals surface area contributed by atoms with Gasteiger partial charge < -0.3 is 4.90 Å². The molecule has 52 heavy (non-hydrogen) atoms. The third kappa shape index (κ3) is 7.45. The Morgan fingerprint density at radius 3 is 1.15 bits per heavy atom. The van der Waals surface area contributed by atoms with Crippen LogP contribution in [0, 0.1) is 0 Å². The van der Waals surface area contributed by atoms with E-state index in [-0.39, 0.29) is 21.7 Å². The molecule has 0 aliphatic rings. The lowest BCUT2D eigenvalue weighted by molar-refractivity contribution is 0.569. The molecular formula is C50H60NP. The highest BCUT2D eigenvalue weighted by Crippen LogP contribution is 2.47. The number of hydrogen-bond acceptors (Lipinski definition) is 1. The topological polar surface area (TPSA) is 3.24 Å². The van der Waals surface area contributed by atoms with Crippen LogP contribution >= 0.6 is 7.92 Å². The molecular weight excluding hydrogens is 646 g/mol. The number of fused-ring (bicyclic) bond motifs is 2. The summed E-state index contributed by atoms with van der Waals surface area (Å²) >= 11 is 0. The maximum absolute atomic E-state index is 2.55. The van der Waals surface area contributed by atoms with Gasteiger partial charge in [-0.25, -0.2) is 0 Å². The first-order valence-corrected chi connectivity index (χ1v) is 20.3. The van der Waals surface area contributed by atoms with E-state index in [1.165, 1.54) is 76.5 Å². The summed E-state index contributed by atoms with van der Waals surface area (Å²) in [6.45, 7) is 28.3. The first-order valence-electron chi connectivity index (χ1n) is 19.0. The molecule has 0 atom stereocenters. The summed E-state index contributed by atoms with van der Waals surface area (Å²) in [4.78, 5) is 2.30. The normalized spacial score (nSPS) is 13.0. The SMILES string of the molecule is CN(C)c1ccc2ccccc2c1-c1c(P(c2cc(C(C)(C)C)cc(C(C)(C)C)c2)c2cc(C(C)(C)C)cc(C(C)(C)C)c2)ccc2ccccc12. The average Bonchev–Trinajstić information content (AvgIpc) is 3.06. The molecule has 0 fully saturated rings. The number of rotatable bonds is 5. The van der Waals surface area contributed by atoms with Gasteiger partial charge in [0.25, 0.3) is 0 Å². The van der Waals surface area contributed by atoms with Crippen LogP contribution in [0.4, 0.5) is 5.69 Å². The number of anilines is 1. The van der Waals surface area contributed by atoms with Crippen LogP contribution in [0.3, 0.4) is 0 Å². The van der Waals surface area contributed by atoms with E-state index in [9.17, 15) is 0 Å². The Labute approximate surface area is 316 Å². The van der Waals surface area contributed by atoms with Crippen LogP contribution in [0.15, 0.2) is 109 Å². The summed E-state index contributed by atoms with van der Waals surface area (Å²) in [5.74, 6) is 0. The first-order chi connectivity index (χ1) is 24.1. The van der Waals surface area contributed by atoms with Crippen LogP contribution < -0.4 is 20.8 Å². The predicted molar refractivity (Wildman–Crippen MR) is 235 cm³/mol. The molecule has 6 rings (SSSR count). The second kappa shape index (κ2) is 13.5. The molecule has 0 saturated carbocycles. The summed E-state index contributed by atoms with van der Waals surface area (Å²) < 4.78 is 0. The van der Waals surface area contributed by atoms with Crippen LogP contribution in [0.5, 0.6) is 0 Å². The molecule has 0 aliphatic carbocycles. The van der Waals surface area contributed by atoms with Gasteiger partial charge in [-0.3, -0.25) is 0 Å². The second-order valence-electron chi connectivity index (χ2n) is 19.1. The molecule has 0 saturated heterocycles. The van der Waals surface area contributed by atoms with Crippen molar-refractivity contribution in [3.8, 4) is 11.1 Å². The third-order valence-electron chi connectivity index (χ3n) is 10.6. The van der Waals surface area contributed by atoms with Crippen molar-refractivity contribution in [3.63, 3.8) is 0 Å². The van der Waals surface area contributed by atoms with Crippen LogP contribution in [0.25, 0.3) is 32.7 Å². The molecule has 0 spiro atoms. The molecule has 0 heterocycles. The first kappa shape index (κ1) is 37.8. The highest BCUT2D eigenvalue weighted by atomic mass is 31.1. The second-order valence-corrected chi connectivity index (χ2v) is 21.3. The molecule has 270 valence electrons. The van der Waals surface area contributed by atoms with Crippen molar-refractivity contribution in [1.29, 1.82) is 0 Å². The van der Waals surface area contributed by atoms with E-state index in [0.717, 1.165) is 0 Å². The average molecular weight is 706 g/mol. The minimum atomic E-state index is -1.02. The van der Waals surface area contributed by atoms with E-state index in [1.807, 2.05) is 0 Å². The number of benzene rings is 6. The van der Waals surface area contributed by atoms with Crippen molar-refractivity contribution < 1.29 is 0 Å². The highest BCUT2D eigenvalue weighted by molar-refractivity contribution is 7.80. The van der Waals surface area contributed by atoms with Crippen LogP contribution in [0.2, 0.25) is 0 Å². The molecule has 6 aromatic carbocycles. The number of nitrogens with zero attached hydrogens (tertiary/aromatic N) is 1. The Morgan fingerprint density at radius 1 is 0.404 bits per heavy atom. The summed E-state index contributed by atoms with van der Waals surface area (Å²) in [5.41, 5.74) is 9.49. The van der Waals surface area contributed by atoms with E-state index in [4.69, 9.17) is 0 Å². The van der Waals surface area contributed by atoms with Gasteiger partial charge in [0, 0.05) is 30.9 Å². The van der Waals surface area contributed by atoms with Crippen molar-refractivity contribution in [2.75, 3.05) is 19.0 Å². The van der Waals surface area contributed by atoms with Crippen molar-refractivity contribution in [2.45, 2.75) is 105 Å². The van der Waals surface area contributed by atoms with E-state index < -0.39 is 7.92 Å². The van der Waals surface area contributed by atoms with Crippen LogP contribution in [-0.4, -0.2) is 14.1 Å². The van der Waals surface area contributed by atoms with Gasteiger partial charge >= 0.3 is 0 Å². The highest BCUT2D eigenvalue weighted by Gasteiger charge is 2.31. The zero-order valence-corrected chi connectivity index (χ0v) is 35.2. The smallest absolute Gasteiger partial charge is 0.0447 e. The van der Waals surface area contributed by atoms with Gasteiger partial charge in [-0.15, -0.1) is 0 Å². The van der Waals surface area contributed by atoms with Gasteiger partial charge in [0.2, 0.25) is 0 Å². The fourth-order valence-corrected chi connectivity index (χ4v) is 9.85. The Balaban J connectivity index is 1.86. The zero-order chi connectivity index (χ0) is 38.0. The predicted octanol–water partition coefficient (Wildman–Crippen LogP) is 12.7. The lowest BCUT2D eigenvalue weighted by atomic mass is 9.81. The van der Waals surface area contributed by atoms with E-state index in [1.54, 1.807) is 0 Å². The number of hydrogen-bond donors (Lipinski definition) is 0. The molecule has 1 nitrogen and oxygen atoms in total. The summed E-state index contributed by atoms with van der Waals surface area (Å²) in [5, 5.41) is 9.37. The lowest BCUT2D eigenvalue weighted by Gasteiger charge is -2.32. The minimum Gasteiger partial charge on any atom is -0.377 e. The maximum atomic E-state index is 2.55. The van der Waals surface area contributed by atoms with E-state index in [0.29, 0.717) is 0 Å². The van der Waals surface area contributed by atoms with Crippen molar-refractivity contribution in [3.05, 3.63) is 131 Å². The summed E-state index contributed by atoms with van der Waals surface area (Å²) in [7, 11) is 3.35. The lowest BCUT2D eigenvalue weighted by Crippen LogP contribution is -2.29.